The molecular formula is C14H20N2S. The van der Waals surface area contributed by atoms with Gasteiger partial charge in [-0.3, -0.25) is 0 Å². The molecule has 0 aliphatic rings. The Labute approximate surface area is 109 Å². The number of benzene rings is 1. The van der Waals surface area contributed by atoms with Gasteiger partial charge in [-0.15, -0.1) is 0 Å². The quantitative estimate of drug-likeness (QED) is 0.636. The van der Waals surface area contributed by atoms with Crippen LogP contribution in [0, 0.1) is 11.8 Å². The molecule has 0 amide bonds. The molecule has 0 fully saturated rings. The minimum atomic E-state index is 0.419. The summed E-state index contributed by atoms with van der Waals surface area (Å²) in [4.78, 5) is 2.20. The summed E-state index contributed by atoms with van der Waals surface area (Å²) >= 11 is 1.94. The number of thioether (sulfide) groups is 1. The van der Waals surface area contributed by atoms with Gasteiger partial charge in [-0.2, -0.15) is 11.8 Å². The van der Waals surface area contributed by atoms with E-state index in [1.54, 1.807) is 0 Å². The van der Waals surface area contributed by atoms with E-state index >= 15 is 0 Å². The lowest BCUT2D eigenvalue weighted by Gasteiger charge is -2.09. The molecule has 0 aliphatic carbocycles. The van der Waals surface area contributed by atoms with Crippen molar-refractivity contribution in [3.05, 3.63) is 35.4 Å². The van der Waals surface area contributed by atoms with Crippen LogP contribution in [0.3, 0.4) is 0 Å². The largest absolute Gasteiger partial charge is 0.320 e. The zero-order valence-corrected chi connectivity index (χ0v) is 11.4. The summed E-state index contributed by atoms with van der Waals surface area (Å²) in [6, 6.07) is 8.29. The highest BCUT2D eigenvalue weighted by Crippen LogP contribution is 2.15. The highest BCUT2D eigenvalue weighted by atomic mass is 32.2. The van der Waals surface area contributed by atoms with Crippen LogP contribution in [0.25, 0.3) is 0 Å². The third-order valence-corrected chi connectivity index (χ3v) is 3.27. The van der Waals surface area contributed by atoms with Crippen LogP contribution in [0.1, 0.15) is 11.1 Å². The predicted molar refractivity (Wildman–Crippen MR) is 77.1 cm³/mol. The van der Waals surface area contributed by atoms with Crippen LogP contribution >= 0.6 is 11.8 Å². The molecule has 92 valence electrons. The van der Waals surface area contributed by atoms with Gasteiger partial charge in [0.05, 0.1) is 6.54 Å². The Morgan fingerprint density at radius 3 is 2.76 bits per heavy atom. The van der Waals surface area contributed by atoms with E-state index in [1.807, 2.05) is 17.8 Å². The van der Waals surface area contributed by atoms with Gasteiger partial charge in [-0.25, -0.2) is 0 Å². The summed E-state index contributed by atoms with van der Waals surface area (Å²) in [7, 11) is 4.20. The lowest BCUT2D eigenvalue weighted by molar-refractivity contribution is 0.437. The Morgan fingerprint density at radius 1 is 1.29 bits per heavy atom. The van der Waals surface area contributed by atoms with E-state index in [2.05, 4.69) is 49.0 Å². The molecule has 0 spiro atoms. The molecule has 0 radical (unpaired) electrons. The summed E-state index contributed by atoms with van der Waals surface area (Å²) < 4.78 is 0. The van der Waals surface area contributed by atoms with E-state index in [9.17, 15) is 0 Å². The van der Waals surface area contributed by atoms with E-state index in [1.165, 1.54) is 5.56 Å². The Hall–Kier alpha value is -0.950. The molecule has 0 bridgehead atoms. The van der Waals surface area contributed by atoms with Crippen LogP contribution in [0.2, 0.25) is 0 Å². The first-order chi connectivity index (χ1) is 8.24. The lowest BCUT2D eigenvalue weighted by atomic mass is 10.1. The standard InChI is InChI=1S/C14H20N2S/c1-16(2)10-11-17-12-14-7-4-3-6-13(14)8-5-9-15/h3-4,6-7H,9-12,15H2,1-2H3. The third-order valence-electron chi connectivity index (χ3n) is 2.28. The second-order valence-electron chi connectivity index (χ2n) is 4.02. The van der Waals surface area contributed by atoms with E-state index in [0.717, 1.165) is 23.6 Å². The molecule has 2 nitrogen and oxygen atoms in total. The van der Waals surface area contributed by atoms with Crippen molar-refractivity contribution in [2.75, 3.05) is 32.9 Å². The van der Waals surface area contributed by atoms with Gasteiger partial charge in [-0.1, -0.05) is 30.0 Å². The van der Waals surface area contributed by atoms with Crippen LogP contribution in [-0.2, 0) is 5.75 Å². The highest BCUT2D eigenvalue weighted by Gasteiger charge is 1.99. The van der Waals surface area contributed by atoms with Crippen LogP contribution in [0.4, 0.5) is 0 Å². The van der Waals surface area contributed by atoms with Gasteiger partial charge in [0, 0.05) is 23.6 Å². The Morgan fingerprint density at radius 2 is 2.06 bits per heavy atom. The summed E-state index contributed by atoms with van der Waals surface area (Å²) in [5.74, 6) is 8.20. The lowest BCUT2D eigenvalue weighted by Crippen LogP contribution is -2.14. The second kappa shape index (κ2) is 8.19. The van der Waals surface area contributed by atoms with Gasteiger partial charge < -0.3 is 10.6 Å². The molecule has 3 heteroatoms. The second-order valence-corrected chi connectivity index (χ2v) is 5.12. The molecule has 0 atom stereocenters. The molecule has 2 N–H and O–H groups in total. The van der Waals surface area contributed by atoms with E-state index in [-0.39, 0.29) is 0 Å². The van der Waals surface area contributed by atoms with Crippen LogP contribution in [0.5, 0.6) is 0 Å². The van der Waals surface area contributed by atoms with Crippen molar-refractivity contribution in [3.8, 4) is 11.8 Å². The van der Waals surface area contributed by atoms with Crippen molar-refractivity contribution < 1.29 is 0 Å². The van der Waals surface area contributed by atoms with Gasteiger partial charge in [-0.05, 0) is 25.7 Å². The molecule has 0 saturated heterocycles. The van der Waals surface area contributed by atoms with Crippen molar-refractivity contribution >= 4 is 11.8 Å². The molecule has 1 aromatic rings. The number of nitrogens with zero attached hydrogens (tertiary/aromatic N) is 1. The van der Waals surface area contributed by atoms with Gasteiger partial charge in [0.15, 0.2) is 0 Å². The van der Waals surface area contributed by atoms with Crippen LogP contribution in [0.15, 0.2) is 24.3 Å². The molecule has 0 saturated carbocycles. The molecule has 0 heterocycles. The molecule has 1 rings (SSSR count). The maximum Gasteiger partial charge on any atom is 0.0555 e. The molecular weight excluding hydrogens is 228 g/mol. The van der Waals surface area contributed by atoms with E-state index < -0.39 is 0 Å². The third kappa shape index (κ3) is 5.78. The molecule has 0 aromatic heterocycles. The first-order valence-corrected chi connectivity index (χ1v) is 6.89. The van der Waals surface area contributed by atoms with Gasteiger partial charge in [0.2, 0.25) is 0 Å². The SMILES string of the molecule is CN(C)CCSCc1ccccc1C#CCN. The van der Waals surface area contributed by atoms with Gasteiger partial charge >= 0.3 is 0 Å². The monoisotopic (exact) mass is 248 g/mol. The van der Waals surface area contributed by atoms with Crippen LogP contribution in [-0.4, -0.2) is 37.8 Å². The van der Waals surface area contributed by atoms with Crippen LogP contribution < -0.4 is 5.73 Å². The fourth-order valence-corrected chi connectivity index (χ4v) is 2.45. The summed E-state index contributed by atoms with van der Waals surface area (Å²) in [5.41, 5.74) is 7.81. The van der Waals surface area contributed by atoms with E-state index in [4.69, 9.17) is 5.73 Å². The molecule has 0 unspecified atom stereocenters. The zero-order chi connectivity index (χ0) is 12.5. The van der Waals surface area contributed by atoms with E-state index in [0.29, 0.717) is 6.54 Å². The molecule has 1 aromatic carbocycles. The summed E-state index contributed by atoms with van der Waals surface area (Å²) in [5, 5.41) is 0. The summed E-state index contributed by atoms with van der Waals surface area (Å²) in [6.07, 6.45) is 0. The topological polar surface area (TPSA) is 29.3 Å². The molecule has 0 aliphatic heterocycles. The van der Waals surface area contributed by atoms with Crippen molar-refractivity contribution in [1.82, 2.24) is 4.90 Å². The normalized spacial score (nSPS) is 10.1. The highest BCUT2D eigenvalue weighted by molar-refractivity contribution is 7.98. The minimum Gasteiger partial charge on any atom is -0.320 e. The fourth-order valence-electron chi connectivity index (χ4n) is 1.34. The average molecular weight is 248 g/mol. The van der Waals surface area contributed by atoms with Crippen molar-refractivity contribution in [3.63, 3.8) is 0 Å². The maximum absolute atomic E-state index is 5.40. The fraction of sp³-hybridized carbons (Fsp3) is 0.429. The maximum atomic E-state index is 5.40. The number of hydrogen-bond acceptors (Lipinski definition) is 3. The first kappa shape index (κ1) is 14.1. The van der Waals surface area contributed by atoms with Crippen molar-refractivity contribution in [1.29, 1.82) is 0 Å². The van der Waals surface area contributed by atoms with Crippen molar-refractivity contribution in [2.45, 2.75) is 5.75 Å². The molecule has 17 heavy (non-hydrogen) atoms. The Balaban J connectivity index is 2.52. The zero-order valence-electron chi connectivity index (χ0n) is 10.6. The predicted octanol–water partition coefficient (Wildman–Crippen LogP) is 1.79. The first-order valence-electron chi connectivity index (χ1n) is 5.73. The number of rotatable bonds is 5. The van der Waals surface area contributed by atoms with Gasteiger partial charge in [0.25, 0.3) is 0 Å². The minimum absolute atomic E-state index is 0.419. The van der Waals surface area contributed by atoms with Gasteiger partial charge in [0.1, 0.15) is 0 Å². The Kier molecular flexibility index (Phi) is 6.80. The number of nitrogens with two attached hydrogens (primary N) is 1. The Bertz CT molecular complexity index is 391. The number of hydrogen-bond donors (Lipinski definition) is 1. The average Bonchev–Trinajstić information content (AvgIpc) is 2.33. The summed E-state index contributed by atoms with van der Waals surface area (Å²) in [6.45, 7) is 1.53. The smallest absolute Gasteiger partial charge is 0.0555 e. The van der Waals surface area contributed by atoms with Crippen molar-refractivity contribution in [2.24, 2.45) is 5.73 Å².